The Morgan fingerprint density at radius 1 is 1.44 bits per heavy atom. The molecule has 0 amide bonds. The summed E-state index contributed by atoms with van der Waals surface area (Å²) in [6.45, 7) is 11.3. The molecule has 3 heteroatoms. The number of hydrogen-bond donors (Lipinski definition) is 1. The Morgan fingerprint density at radius 2 is 2.12 bits per heavy atom. The van der Waals surface area contributed by atoms with Crippen LogP contribution in [0.2, 0.25) is 0 Å². The van der Waals surface area contributed by atoms with E-state index in [0.717, 1.165) is 18.9 Å². The van der Waals surface area contributed by atoms with Crippen LogP contribution in [-0.2, 0) is 6.54 Å². The van der Waals surface area contributed by atoms with Crippen molar-refractivity contribution in [2.75, 3.05) is 18.0 Å². The van der Waals surface area contributed by atoms with Crippen molar-refractivity contribution in [3.05, 3.63) is 23.4 Å². The molecule has 0 fully saturated rings. The zero-order valence-corrected chi connectivity index (χ0v) is 10.8. The molecule has 0 spiro atoms. The van der Waals surface area contributed by atoms with E-state index in [2.05, 4.69) is 37.6 Å². The van der Waals surface area contributed by atoms with E-state index in [4.69, 9.17) is 5.73 Å². The summed E-state index contributed by atoms with van der Waals surface area (Å²) in [5.74, 6) is 1.69. The lowest BCUT2D eigenvalue weighted by atomic mass is 10.1. The van der Waals surface area contributed by atoms with Gasteiger partial charge in [-0.05, 0) is 31.4 Å². The second-order valence-corrected chi connectivity index (χ2v) is 4.57. The Labute approximate surface area is 98.7 Å². The van der Waals surface area contributed by atoms with Gasteiger partial charge in [0.25, 0.3) is 0 Å². The van der Waals surface area contributed by atoms with Gasteiger partial charge in [-0.2, -0.15) is 0 Å². The van der Waals surface area contributed by atoms with Gasteiger partial charge in [-0.15, -0.1) is 0 Å². The number of pyridine rings is 1. The molecule has 1 rings (SSSR count). The molecule has 0 saturated carbocycles. The van der Waals surface area contributed by atoms with Crippen LogP contribution in [0.4, 0.5) is 5.82 Å². The van der Waals surface area contributed by atoms with Crippen LogP contribution in [0.15, 0.2) is 12.3 Å². The normalized spacial score (nSPS) is 10.9. The predicted octanol–water partition coefficient (Wildman–Crippen LogP) is 2.33. The topological polar surface area (TPSA) is 42.2 Å². The highest BCUT2D eigenvalue weighted by Gasteiger charge is 2.13. The Morgan fingerprint density at radius 3 is 2.62 bits per heavy atom. The number of aryl methyl sites for hydroxylation is 1. The average Bonchev–Trinajstić information content (AvgIpc) is 2.25. The molecule has 0 aliphatic carbocycles. The molecular formula is C13H23N3. The fourth-order valence-electron chi connectivity index (χ4n) is 1.91. The minimum absolute atomic E-state index is 0.559. The van der Waals surface area contributed by atoms with E-state index in [1.165, 1.54) is 11.1 Å². The second kappa shape index (κ2) is 5.85. The first-order chi connectivity index (χ1) is 7.60. The Hall–Kier alpha value is -1.09. The smallest absolute Gasteiger partial charge is 0.133 e. The lowest BCUT2D eigenvalue weighted by molar-refractivity contribution is 0.612. The van der Waals surface area contributed by atoms with Crippen LogP contribution in [0.5, 0.6) is 0 Å². The highest BCUT2D eigenvalue weighted by molar-refractivity contribution is 5.50. The zero-order valence-electron chi connectivity index (χ0n) is 10.8. The first-order valence-corrected chi connectivity index (χ1v) is 5.99. The van der Waals surface area contributed by atoms with Gasteiger partial charge in [0.15, 0.2) is 0 Å². The van der Waals surface area contributed by atoms with Crippen LogP contribution in [0.1, 0.15) is 31.9 Å². The minimum atomic E-state index is 0.559. The second-order valence-electron chi connectivity index (χ2n) is 4.57. The average molecular weight is 221 g/mol. The lowest BCUT2D eigenvalue weighted by Gasteiger charge is -2.26. The summed E-state index contributed by atoms with van der Waals surface area (Å²) in [7, 11) is 0. The third kappa shape index (κ3) is 2.95. The maximum atomic E-state index is 5.81. The van der Waals surface area contributed by atoms with Gasteiger partial charge in [-0.3, -0.25) is 0 Å². The first kappa shape index (κ1) is 13.0. The van der Waals surface area contributed by atoms with Gasteiger partial charge in [0, 0.05) is 31.4 Å². The molecule has 16 heavy (non-hydrogen) atoms. The Kier molecular flexibility index (Phi) is 4.74. The van der Waals surface area contributed by atoms with E-state index in [1.807, 2.05) is 12.3 Å². The fourth-order valence-corrected chi connectivity index (χ4v) is 1.91. The molecule has 90 valence electrons. The summed E-state index contributed by atoms with van der Waals surface area (Å²) < 4.78 is 0. The largest absolute Gasteiger partial charge is 0.356 e. The predicted molar refractivity (Wildman–Crippen MR) is 69.6 cm³/mol. The zero-order chi connectivity index (χ0) is 12.1. The van der Waals surface area contributed by atoms with Gasteiger partial charge in [-0.1, -0.05) is 13.8 Å². The quantitative estimate of drug-likeness (QED) is 0.829. The van der Waals surface area contributed by atoms with Gasteiger partial charge in [0.05, 0.1) is 0 Å². The van der Waals surface area contributed by atoms with Gasteiger partial charge >= 0.3 is 0 Å². The third-order valence-corrected chi connectivity index (χ3v) is 2.74. The fraction of sp³-hybridized carbons (Fsp3) is 0.615. The maximum absolute atomic E-state index is 5.81. The standard InChI is InChI=1S/C13H23N3/c1-5-16(9-10(2)3)13-12(8-14)11(4)6-7-15-13/h6-7,10H,5,8-9,14H2,1-4H3. The molecule has 1 aromatic rings. The molecule has 2 N–H and O–H groups in total. The monoisotopic (exact) mass is 221 g/mol. The third-order valence-electron chi connectivity index (χ3n) is 2.74. The summed E-state index contributed by atoms with van der Waals surface area (Å²) in [6, 6.07) is 2.02. The molecule has 3 nitrogen and oxygen atoms in total. The van der Waals surface area contributed by atoms with Crippen molar-refractivity contribution in [1.29, 1.82) is 0 Å². The first-order valence-electron chi connectivity index (χ1n) is 5.99. The van der Waals surface area contributed by atoms with Crippen molar-refractivity contribution in [3.8, 4) is 0 Å². The molecule has 0 unspecified atom stereocenters. The number of anilines is 1. The number of aromatic nitrogens is 1. The van der Waals surface area contributed by atoms with Gasteiger partial charge in [-0.25, -0.2) is 4.98 Å². The van der Waals surface area contributed by atoms with Crippen LogP contribution in [0, 0.1) is 12.8 Å². The summed E-state index contributed by atoms with van der Waals surface area (Å²) in [4.78, 5) is 6.79. The molecule has 1 heterocycles. The summed E-state index contributed by atoms with van der Waals surface area (Å²) in [6.07, 6.45) is 1.87. The van der Waals surface area contributed by atoms with Crippen molar-refractivity contribution in [3.63, 3.8) is 0 Å². The van der Waals surface area contributed by atoms with E-state index >= 15 is 0 Å². The number of nitrogens with two attached hydrogens (primary N) is 1. The molecule has 0 aromatic carbocycles. The molecular weight excluding hydrogens is 198 g/mol. The molecule has 0 bridgehead atoms. The van der Waals surface area contributed by atoms with Crippen LogP contribution in [0.3, 0.4) is 0 Å². The highest BCUT2D eigenvalue weighted by atomic mass is 15.2. The van der Waals surface area contributed by atoms with Crippen molar-refractivity contribution in [2.45, 2.75) is 34.2 Å². The van der Waals surface area contributed by atoms with Crippen LogP contribution < -0.4 is 10.6 Å². The van der Waals surface area contributed by atoms with E-state index in [-0.39, 0.29) is 0 Å². The van der Waals surface area contributed by atoms with E-state index in [0.29, 0.717) is 12.5 Å². The Bertz CT molecular complexity index is 334. The molecule has 0 aliphatic rings. The van der Waals surface area contributed by atoms with Crippen molar-refractivity contribution in [1.82, 2.24) is 4.98 Å². The van der Waals surface area contributed by atoms with E-state index in [9.17, 15) is 0 Å². The van der Waals surface area contributed by atoms with Gasteiger partial charge in [0.1, 0.15) is 5.82 Å². The summed E-state index contributed by atoms with van der Waals surface area (Å²) in [5.41, 5.74) is 8.21. The van der Waals surface area contributed by atoms with Crippen molar-refractivity contribution >= 4 is 5.82 Å². The lowest BCUT2D eigenvalue weighted by Crippen LogP contribution is -2.29. The SMILES string of the molecule is CCN(CC(C)C)c1nccc(C)c1CN. The van der Waals surface area contributed by atoms with Crippen molar-refractivity contribution in [2.24, 2.45) is 11.7 Å². The van der Waals surface area contributed by atoms with Gasteiger partial charge < -0.3 is 10.6 Å². The van der Waals surface area contributed by atoms with Gasteiger partial charge in [0.2, 0.25) is 0 Å². The molecule has 0 aliphatic heterocycles. The molecule has 1 aromatic heterocycles. The van der Waals surface area contributed by atoms with Crippen LogP contribution in [0.25, 0.3) is 0 Å². The highest BCUT2D eigenvalue weighted by Crippen LogP contribution is 2.21. The molecule has 0 saturated heterocycles. The molecule has 0 atom stereocenters. The number of rotatable bonds is 5. The number of nitrogens with zero attached hydrogens (tertiary/aromatic N) is 2. The maximum Gasteiger partial charge on any atom is 0.133 e. The van der Waals surface area contributed by atoms with Crippen LogP contribution >= 0.6 is 0 Å². The molecule has 0 radical (unpaired) electrons. The Balaban J connectivity index is 3.04. The number of hydrogen-bond acceptors (Lipinski definition) is 3. The van der Waals surface area contributed by atoms with Crippen LogP contribution in [-0.4, -0.2) is 18.1 Å². The van der Waals surface area contributed by atoms with Crippen molar-refractivity contribution < 1.29 is 0 Å². The van der Waals surface area contributed by atoms with E-state index < -0.39 is 0 Å². The summed E-state index contributed by atoms with van der Waals surface area (Å²) in [5, 5.41) is 0. The van der Waals surface area contributed by atoms with E-state index in [1.54, 1.807) is 0 Å². The minimum Gasteiger partial charge on any atom is -0.356 e. The summed E-state index contributed by atoms with van der Waals surface area (Å²) >= 11 is 0.